The molecule has 0 aliphatic carbocycles. The van der Waals surface area contributed by atoms with Crippen molar-refractivity contribution < 1.29 is 19.1 Å². The molecule has 0 spiro atoms. The molecule has 0 fully saturated rings. The smallest absolute Gasteiger partial charge is 0.407 e. The predicted molar refractivity (Wildman–Crippen MR) is 117 cm³/mol. The lowest BCUT2D eigenvalue weighted by atomic mass is 9.98. The summed E-state index contributed by atoms with van der Waals surface area (Å²) in [7, 11) is -1.20. The molecule has 0 aliphatic rings. The van der Waals surface area contributed by atoms with Crippen molar-refractivity contribution in [2.75, 3.05) is 6.61 Å². The Hall–Kier alpha value is -1.82. The van der Waals surface area contributed by atoms with Crippen LogP contribution in [0.2, 0.25) is 25.7 Å². The zero-order valence-electron chi connectivity index (χ0n) is 18.7. The molecule has 0 heterocycles. The molecule has 1 amide bonds. The molecule has 0 bridgehead atoms. The van der Waals surface area contributed by atoms with Crippen LogP contribution < -0.4 is 5.32 Å². The van der Waals surface area contributed by atoms with Crippen molar-refractivity contribution in [1.29, 1.82) is 0 Å². The van der Waals surface area contributed by atoms with Crippen molar-refractivity contribution in [3.8, 4) is 0 Å². The van der Waals surface area contributed by atoms with Gasteiger partial charge in [-0.05, 0) is 58.2 Å². The van der Waals surface area contributed by atoms with Crippen molar-refractivity contribution in [1.82, 2.24) is 5.32 Å². The van der Waals surface area contributed by atoms with Crippen LogP contribution in [0.25, 0.3) is 0 Å². The van der Waals surface area contributed by atoms with Gasteiger partial charge in [0.25, 0.3) is 0 Å². The number of nitrogens with one attached hydrogen (secondary N) is 1. The van der Waals surface area contributed by atoms with Gasteiger partial charge in [0.05, 0.1) is 12.5 Å². The molecule has 1 N–H and O–H groups in total. The van der Waals surface area contributed by atoms with Crippen LogP contribution in [0.5, 0.6) is 0 Å². The molecule has 1 unspecified atom stereocenters. The molecule has 158 valence electrons. The number of esters is 1. The maximum atomic E-state index is 12.3. The van der Waals surface area contributed by atoms with Crippen LogP contribution in [-0.2, 0) is 20.7 Å². The average molecular weight is 408 g/mol. The Kier molecular flexibility index (Phi) is 8.73. The standard InChI is InChI=1S/C22H37NO4Si/c1-16(23-21(25)27-22(3,4)5)15-18-9-11-19(12-10-18)17(2)20(24)26-13-14-28(6,7)8/h9-12,16-17H,13-15H2,1-8H3,(H,23,25)/t16-,17?/m1/s1. The number of rotatable bonds is 8. The fraction of sp³-hybridized carbons (Fsp3) is 0.636. The lowest BCUT2D eigenvalue weighted by molar-refractivity contribution is -0.144. The van der Waals surface area contributed by atoms with E-state index >= 15 is 0 Å². The van der Waals surface area contributed by atoms with E-state index in [1.165, 1.54) is 0 Å². The summed E-state index contributed by atoms with van der Waals surface area (Å²) in [6.45, 7) is 16.6. The number of hydrogen-bond donors (Lipinski definition) is 1. The fourth-order valence-electron chi connectivity index (χ4n) is 2.57. The van der Waals surface area contributed by atoms with E-state index < -0.39 is 19.8 Å². The van der Waals surface area contributed by atoms with Gasteiger partial charge in [0.1, 0.15) is 5.60 Å². The topological polar surface area (TPSA) is 64.6 Å². The van der Waals surface area contributed by atoms with Crippen molar-refractivity contribution >= 4 is 20.1 Å². The van der Waals surface area contributed by atoms with Gasteiger partial charge in [0, 0.05) is 14.1 Å². The largest absolute Gasteiger partial charge is 0.466 e. The molecule has 6 heteroatoms. The first-order valence-electron chi connectivity index (χ1n) is 10.0. The Labute approximate surface area is 171 Å². The third-order valence-electron chi connectivity index (χ3n) is 4.23. The van der Waals surface area contributed by atoms with Gasteiger partial charge in [-0.3, -0.25) is 4.79 Å². The van der Waals surface area contributed by atoms with Crippen LogP contribution in [0, 0.1) is 0 Å². The SMILES string of the molecule is CC(C(=O)OCC[Si](C)(C)C)c1ccc(C[C@@H](C)NC(=O)OC(C)(C)C)cc1. The molecular weight excluding hydrogens is 370 g/mol. The van der Waals surface area contributed by atoms with E-state index in [0.29, 0.717) is 13.0 Å². The number of ether oxygens (including phenoxy) is 2. The molecule has 0 saturated carbocycles. The minimum absolute atomic E-state index is 0.0512. The fourth-order valence-corrected chi connectivity index (χ4v) is 3.29. The third-order valence-corrected chi connectivity index (χ3v) is 5.94. The Morgan fingerprint density at radius 2 is 1.64 bits per heavy atom. The second-order valence-electron chi connectivity index (χ2n) is 9.69. The highest BCUT2D eigenvalue weighted by atomic mass is 28.3. The van der Waals surface area contributed by atoms with E-state index in [4.69, 9.17) is 9.47 Å². The van der Waals surface area contributed by atoms with E-state index in [-0.39, 0.29) is 17.9 Å². The molecule has 1 rings (SSSR count). The molecule has 0 aromatic heterocycles. The highest BCUT2D eigenvalue weighted by molar-refractivity contribution is 6.76. The van der Waals surface area contributed by atoms with Crippen LogP contribution in [0.1, 0.15) is 51.7 Å². The summed E-state index contributed by atoms with van der Waals surface area (Å²) in [5.41, 5.74) is 1.52. The first-order valence-corrected chi connectivity index (χ1v) is 13.7. The molecule has 5 nitrogen and oxygen atoms in total. The normalized spacial score (nSPS) is 14.1. The minimum atomic E-state index is -1.20. The molecule has 28 heavy (non-hydrogen) atoms. The Morgan fingerprint density at radius 3 is 2.14 bits per heavy atom. The number of carbonyl (C=O) groups excluding carboxylic acids is 2. The Balaban J connectivity index is 2.53. The van der Waals surface area contributed by atoms with Gasteiger partial charge >= 0.3 is 12.1 Å². The summed E-state index contributed by atoms with van der Waals surface area (Å²) in [6, 6.07) is 8.83. The van der Waals surface area contributed by atoms with Gasteiger partial charge < -0.3 is 14.8 Å². The van der Waals surface area contributed by atoms with Crippen LogP contribution in [-0.4, -0.2) is 38.4 Å². The molecule has 1 aromatic carbocycles. The monoisotopic (exact) mass is 407 g/mol. The number of hydrogen-bond acceptors (Lipinski definition) is 4. The predicted octanol–water partition coefficient (Wildman–Crippen LogP) is 5.13. The average Bonchev–Trinajstić information content (AvgIpc) is 2.51. The van der Waals surface area contributed by atoms with Crippen LogP contribution in [0.15, 0.2) is 24.3 Å². The zero-order chi connectivity index (χ0) is 21.5. The molecular formula is C22H37NO4Si. The highest BCUT2D eigenvalue weighted by Gasteiger charge is 2.20. The molecule has 0 aliphatic heterocycles. The van der Waals surface area contributed by atoms with E-state index in [0.717, 1.165) is 17.2 Å². The molecule has 2 atom stereocenters. The van der Waals surface area contributed by atoms with E-state index in [1.807, 2.05) is 58.9 Å². The summed E-state index contributed by atoms with van der Waals surface area (Å²) in [6.07, 6.45) is 0.278. The van der Waals surface area contributed by atoms with Crippen molar-refractivity contribution in [3.05, 3.63) is 35.4 Å². The van der Waals surface area contributed by atoms with Crippen molar-refractivity contribution in [3.63, 3.8) is 0 Å². The maximum absolute atomic E-state index is 12.3. The van der Waals surface area contributed by atoms with E-state index in [9.17, 15) is 9.59 Å². The van der Waals surface area contributed by atoms with Gasteiger partial charge in [-0.2, -0.15) is 0 Å². The number of carbonyl (C=O) groups is 2. The first-order chi connectivity index (χ1) is 12.8. The number of amides is 1. The second kappa shape index (κ2) is 10.1. The highest BCUT2D eigenvalue weighted by Crippen LogP contribution is 2.19. The van der Waals surface area contributed by atoms with Crippen LogP contribution in [0.3, 0.4) is 0 Å². The summed E-state index contributed by atoms with van der Waals surface area (Å²) in [5, 5.41) is 2.84. The van der Waals surface area contributed by atoms with Gasteiger partial charge in [-0.1, -0.05) is 43.9 Å². The van der Waals surface area contributed by atoms with Gasteiger partial charge in [-0.15, -0.1) is 0 Å². The van der Waals surface area contributed by atoms with E-state index in [1.54, 1.807) is 0 Å². The summed E-state index contributed by atoms with van der Waals surface area (Å²) in [4.78, 5) is 24.1. The van der Waals surface area contributed by atoms with E-state index in [2.05, 4.69) is 25.0 Å². The summed E-state index contributed by atoms with van der Waals surface area (Å²) >= 11 is 0. The lowest BCUT2D eigenvalue weighted by Gasteiger charge is -2.22. The minimum Gasteiger partial charge on any atom is -0.466 e. The quantitative estimate of drug-likeness (QED) is 0.479. The van der Waals surface area contributed by atoms with Gasteiger partial charge in [-0.25, -0.2) is 4.79 Å². The number of benzene rings is 1. The summed E-state index contributed by atoms with van der Waals surface area (Å²) in [5.74, 6) is -0.459. The van der Waals surface area contributed by atoms with Gasteiger partial charge in [0.2, 0.25) is 0 Å². The number of alkyl carbamates (subject to hydrolysis) is 1. The van der Waals surface area contributed by atoms with Gasteiger partial charge in [0.15, 0.2) is 0 Å². The second-order valence-corrected chi connectivity index (χ2v) is 15.3. The first kappa shape index (κ1) is 24.2. The third kappa shape index (κ3) is 9.92. The van der Waals surface area contributed by atoms with Crippen molar-refractivity contribution in [2.45, 2.75) is 84.3 Å². The zero-order valence-corrected chi connectivity index (χ0v) is 19.7. The molecule has 1 aromatic rings. The van der Waals surface area contributed by atoms with Crippen LogP contribution in [0.4, 0.5) is 4.79 Å². The lowest BCUT2D eigenvalue weighted by Crippen LogP contribution is -2.38. The van der Waals surface area contributed by atoms with Crippen molar-refractivity contribution in [2.24, 2.45) is 0 Å². The molecule has 0 radical (unpaired) electrons. The maximum Gasteiger partial charge on any atom is 0.407 e. The Bertz CT molecular complexity index is 644. The molecule has 0 saturated heterocycles. The summed E-state index contributed by atoms with van der Waals surface area (Å²) < 4.78 is 10.7. The van der Waals surface area contributed by atoms with Crippen LogP contribution >= 0.6 is 0 Å². The Morgan fingerprint density at radius 1 is 1.07 bits per heavy atom.